The molecule has 0 aliphatic carbocycles. The molecule has 0 aromatic heterocycles. The average molecular weight is 211 g/mol. The van der Waals surface area contributed by atoms with Crippen molar-refractivity contribution in [2.75, 3.05) is 19.6 Å². The molecule has 1 aliphatic heterocycles. The van der Waals surface area contributed by atoms with Crippen molar-refractivity contribution in [1.82, 2.24) is 4.90 Å². The van der Waals surface area contributed by atoms with Crippen LogP contribution in [-0.2, 0) is 4.79 Å². The van der Waals surface area contributed by atoms with Crippen LogP contribution in [0.4, 0.5) is 0 Å². The summed E-state index contributed by atoms with van der Waals surface area (Å²) in [6.07, 6.45) is 1.92. The fourth-order valence-corrected chi connectivity index (χ4v) is 1.98. The van der Waals surface area contributed by atoms with Gasteiger partial charge in [-0.1, -0.05) is 6.58 Å². The van der Waals surface area contributed by atoms with Gasteiger partial charge in [0.2, 0.25) is 5.91 Å². The molecule has 0 aromatic carbocycles. The van der Waals surface area contributed by atoms with Crippen molar-refractivity contribution in [3.8, 4) is 0 Å². The molecular weight excluding hydrogens is 190 g/mol. The second-order valence-corrected chi connectivity index (χ2v) is 4.41. The maximum atomic E-state index is 11.1. The van der Waals surface area contributed by atoms with Gasteiger partial charge >= 0.3 is 0 Å². The number of piperidine rings is 1. The van der Waals surface area contributed by atoms with E-state index >= 15 is 0 Å². The van der Waals surface area contributed by atoms with Crippen LogP contribution in [0.3, 0.4) is 0 Å². The van der Waals surface area contributed by atoms with E-state index in [9.17, 15) is 4.79 Å². The molecule has 15 heavy (non-hydrogen) atoms. The summed E-state index contributed by atoms with van der Waals surface area (Å²) in [5.74, 6) is -0.197. The van der Waals surface area contributed by atoms with Gasteiger partial charge in [0.1, 0.15) is 0 Å². The molecule has 86 valence electrons. The molecule has 4 nitrogen and oxygen atoms in total. The number of nitrogens with two attached hydrogens (primary N) is 2. The quantitative estimate of drug-likeness (QED) is 0.647. The Morgan fingerprint density at radius 3 is 2.73 bits per heavy atom. The van der Waals surface area contributed by atoms with Crippen LogP contribution in [0.25, 0.3) is 0 Å². The lowest BCUT2D eigenvalue weighted by atomic mass is 9.92. The average Bonchev–Trinajstić information content (AvgIpc) is 2.20. The van der Waals surface area contributed by atoms with E-state index in [1.807, 2.05) is 0 Å². The minimum absolute atomic E-state index is 0.00762. The lowest BCUT2D eigenvalue weighted by Gasteiger charge is -2.37. The van der Waals surface area contributed by atoms with Crippen molar-refractivity contribution in [3.05, 3.63) is 12.2 Å². The van der Waals surface area contributed by atoms with Crippen molar-refractivity contribution < 1.29 is 4.79 Å². The Morgan fingerprint density at radius 2 is 2.20 bits per heavy atom. The van der Waals surface area contributed by atoms with Gasteiger partial charge in [0, 0.05) is 25.7 Å². The molecule has 1 amide bonds. The van der Waals surface area contributed by atoms with Gasteiger partial charge in [0.25, 0.3) is 0 Å². The summed E-state index contributed by atoms with van der Waals surface area (Å²) in [5.41, 5.74) is 11.8. The van der Waals surface area contributed by atoms with E-state index in [0.29, 0.717) is 12.6 Å². The Balaban J connectivity index is 2.53. The number of hydrogen-bond donors (Lipinski definition) is 2. The van der Waals surface area contributed by atoms with Gasteiger partial charge in [-0.25, -0.2) is 0 Å². The number of carbonyl (C=O) groups excluding carboxylic acids is 1. The van der Waals surface area contributed by atoms with Gasteiger partial charge in [-0.3, -0.25) is 9.69 Å². The maximum Gasteiger partial charge on any atom is 0.221 e. The van der Waals surface area contributed by atoms with Crippen molar-refractivity contribution in [3.63, 3.8) is 0 Å². The number of carbonyl (C=O) groups is 1. The topological polar surface area (TPSA) is 72.3 Å². The normalized spacial score (nSPS) is 27.6. The van der Waals surface area contributed by atoms with Gasteiger partial charge in [-0.15, -0.1) is 0 Å². The number of likely N-dealkylation sites (tertiary alicyclic amines) is 1. The first-order valence-electron chi connectivity index (χ1n) is 5.44. The highest BCUT2D eigenvalue weighted by Crippen LogP contribution is 2.21. The smallest absolute Gasteiger partial charge is 0.221 e. The van der Waals surface area contributed by atoms with E-state index in [2.05, 4.69) is 18.4 Å². The number of rotatable bonds is 4. The van der Waals surface area contributed by atoms with E-state index in [-0.39, 0.29) is 11.8 Å². The number of nitrogens with zero attached hydrogens (tertiary/aromatic N) is 1. The summed E-state index contributed by atoms with van der Waals surface area (Å²) in [6.45, 7) is 8.09. The Labute approximate surface area is 91.3 Å². The third kappa shape index (κ3) is 3.32. The van der Waals surface area contributed by atoms with Gasteiger partial charge in [-0.05, 0) is 25.3 Å². The molecule has 1 saturated heterocycles. The van der Waals surface area contributed by atoms with Gasteiger partial charge in [-0.2, -0.15) is 0 Å². The van der Waals surface area contributed by atoms with Gasteiger partial charge < -0.3 is 11.5 Å². The number of primary amides is 1. The van der Waals surface area contributed by atoms with Crippen molar-refractivity contribution in [2.24, 2.45) is 17.4 Å². The molecule has 0 saturated carbocycles. The van der Waals surface area contributed by atoms with Crippen LogP contribution < -0.4 is 11.5 Å². The second kappa shape index (κ2) is 5.28. The number of amides is 1. The molecule has 0 radical (unpaired) electrons. The van der Waals surface area contributed by atoms with E-state index in [1.165, 1.54) is 0 Å². The number of hydrogen-bond acceptors (Lipinski definition) is 3. The zero-order chi connectivity index (χ0) is 11.4. The molecule has 4 heteroatoms. The van der Waals surface area contributed by atoms with Crippen molar-refractivity contribution in [2.45, 2.75) is 25.8 Å². The highest BCUT2D eigenvalue weighted by atomic mass is 16.1. The predicted molar refractivity (Wildman–Crippen MR) is 61.1 cm³/mol. The second-order valence-electron chi connectivity index (χ2n) is 4.41. The molecule has 1 heterocycles. The van der Waals surface area contributed by atoms with E-state index < -0.39 is 0 Å². The van der Waals surface area contributed by atoms with Crippen LogP contribution in [0.2, 0.25) is 0 Å². The van der Waals surface area contributed by atoms with Crippen LogP contribution in [0.1, 0.15) is 19.8 Å². The third-order valence-corrected chi connectivity index (χ3v) is 3.13. The largest absolute Gasteiger partial charge is 0.369 e. The summed E-state index contributed by atoms with van der Waals surface area (Å²) >= 11 is 0. The van der Waals surface area contributed by atoms with E-state index in [1.54, 1.807) is 0 Å². The van der Waals surface area contributed by atoms with E-state index in [4.69, 9.17) is 11.5 Å². The summed E-state index contributed by atoms with van der Waals surface area (Å²) in [6, 6.07) is 0.490. The molecule has 1 aliphatic rings. The molecule has 0 bridgehead atoms. The lowest BCUT2D eigenvalue weighted by Crippen LogP contribution is -2.46. The Hall–Kier alpha value is -0.870. The fourth-order valence-electron chi connectivity index (χ4n) is 1.98. The van der Waals surface area contributed by atoms with Crippen LogP contribution in [0, 0.1) is 5.92 Å². The van der Waals surface area contributed by atoms with Gasteiger partial charge in [0.15, 0.2) is 0 Å². The summed E-state index contributed by atoms with van der Waals surface area (Å²) in [5, 5.41) is 0. The summed E-state index contributed by atoms with van der Waals surface area (Å²) < 4.78 is 0. The Bertz CT molecular complexity index is 252. The lowest BCUT2D eigenvalue weighted by molar-refractivity contribution is -0.123. The monoisotopic (exact) mass is 211 g/mol. The zero-order valence-corrected chi connectivity index (χ0v) is 9.41. The molecule has 0 aromatic rings. The molecule has 1 rings (SSSR count). The third-order valence-electron chi connectivity index (χ3n) is 3.13. The Kier molecular flexibility index (Phi) is 4.29. The molecule has 1 fully saturated rings. The summed E-state index contributed by atoms with van der Waals surface area (Å²) in [4.78, 5) is 13.4. The SMILES string of the molecule is C=C(CN)CN1CC(C(N)=O)CCC1C. The highest BCUT2D eigenvalue weighted by molar-refractivity contribution is 5.76. The highest BCUT2D eigenvalue weighted by Gasteiger charge is 2.28. The standard InChI is InChI=1S/C11H21N3O/c1-8(5-12)6-14-7-10(11(13)15)4-3-9(14)2/h9-10H,1,3-7,12H2,2H3,(H2,13,15). The Morgan fingerprint density at radius 1 is 1.53 bits per heavy atom. The van der Waals surface area contributed by atoms with E-state index in [0.717, 1.165) is 31.5 Å². The summed E-state index contributed by atoms with van der Waals surface area (Å²) in [7, 11) is 0. The minimum Gasteiger partial charge on any atom is -0.369 e. The maximum absolute atomic E-state index is 11.1. The van der Waals surface area contributed by atoms with Crippen LogP contribution >= 0.6 is 0 Å². The van der Waals surface area contributed by atoms with Gasteiger partial charge in [0.05, 0.1) is 5.92 Å². The first-order valence-corrected chi connectivity index (χ1v) is 5.44. The van der Waals surface area contributed by atoms with Crippen LogP contribution in [-0.4, -0.2) is 36.5 Å². The zero-order valence-electron chi connectivity index (χ0n) is 9.41. The van der Waals surface area contributed by atoms with Crippen molar-refractivity contribution in [1.29, 1.82) is 0 Å². The van der Waals surface area contributed by atoms with Crippen LogP contribution in [0.15, 0.2) is 12.2 Å². The molecule has 2 unspecified atom stereocenters. The minimum atomic E-state index is -0.190. The first kappa shape index (κ1) is 12.2. The molecular formula is C11H21N3O. The molecule has 2 atom stereocenters. The molecule has 0 spiro atoms. The predicted octanol–water partition coefficient (Wildman–Crippen LogP) is 0.0871. The fraction of sp³-hybridized carbons (Fsp3) is 0.727. The first-order chi connectivity index (χ1) is 7.04. The van der Waals surface area contributed by atoms with Crippen molar-refractivity contribution >= 4 is 5.91 Å². The van der Waals surface area contributed by atoms with Crippen LogP contribution in [0.5, 0.6) is 0 Å². The molecule has 4 N–H and O–H groups in total.